The summed E-state index contributed by atoms with van der Waals surface area (Å²) in [5, 5.41) is 22.8. The Morgan fingerprint density at radius 1 is 1.32 bits per heavy atom. The largest absolute Gasteiger partial charge is 0.480 e. The average Bonchev–Trinajstić information content (AvgIpc) is 3.25. The first kappa shape index (κ1) is 25.4. The summed E-state index contributed by atoms with van der Waals surface area (Å²) in [5.74, 6) is -2.68. The van der Waals surface area contributed by atoms with Crippen LogP contribution in [-0.4, -0.2) is 48.3 Å². The predicted octanol–water partition coefficient (Wildman–Crippen LogP) is 4.12. The zero-order valence-corrected chi connectivity index (χ0v) is 19.4. The van der Waals surface area contributed by atoms with Gasteiger partial charge in [-0.05, 0) is 39.8 Å². The molecule has 1 atom stereocenters. The van der Waals surface area contributed by atoms with Crippen LogP contribution in [0.1, 0.15) is 42.6 Å². The molecule has 0 saturated carbocycles. The van der Waals surface area contributed by atoms with Crippen molar-refractivity contribution in [3.63, 3.8) is 0 Å². The SMILES string of the molecule is Cc1[nH]nc(Cl)c1NC(=O)c1cc(F)c(-c2nc(C(C)(C)O)n(C)n2)cc1OC(C)C(F)(F)F. The number of carbonyl (C=O) groups excluding carboxylic acids is 1. The lowest BCUT2D eigenvalue weighted by atomic mass is 10.1. The monoisotopic (exact) mass is 504 g/mol. The second-order valence-electron chi connectivity index (χ2n) is 8.04. The Labute approximate surface area is 196 Å². The molecule has 0 fully saturated rings. The third-order valence-corrected chi connectivity index (χ3v) is 5.04. The molecule has 0 radical (unpaired) electrons. The maximum atomic E-state index is 15.1. The molecule has 0 spiro atoms. The second kappa shape index (κ2) is 8.87. The van der Waals surface area contributed by atoms with E-state index >= 15 is 4.39 Å². The Kier molecular flexibility index (Phi) is 6.64. The summed E-state index contributed by atoms with van der Waals surface area (Å²) in [6.45, 7) is 5.17. The number of hydrogen-bond donors (Lipinski definition) is 3. The van der Waals surface area contributed by atoms with Crippen LogP contribution < -0.4 is 10.1 Å². The van der Waals surface area contributed by atoms with Crippen LogP contribution in [0.15, 0.2) is 12.1 Å². The molecule has 2 heterocycles. The number of ether oxygens (including phenoxy) is 1. The lowest BCUT2D eigenvalue weighted by molar-refractivity contribution is -0.189. The predicted molar refractivity (Wildman–Crippen MR) is 114 cm³/mol. The van der Waals surface area contributed by atoms with Crippen molar-refractivity contribution in [2.45, 2.75) is 45.6 Å². The number of aryl methyl sites for hydroxylation is 2. The number of rotatable bonds is 6. The average molecular weight is 505 g/mol. The summed E-state index contributed by atoms with van der Waals surface area (Å²) in [5.41, 5.74) is -1.83. The molecule has 2 aromatic heterocycles. The van der Waals surface area contributed by atoms with E-state index in [1.54, 1.807) is 6.92 Å². The lowest BCUT2D eigenvalue weighted by Gasteiger charge is -2.20. The molecule has 0 aliphatic rings. The Bertz CT molecular complexity index is 1210. The standard InChI is InChI=1S/C20H21ClF4N6O3/c1-8-14(15(21)29-28-8)26-17(32)11-6-12(22)10(7-13(11)34-9(2)20(23,24)25)16-27-18(19(3,4)33)31(5)30-16/h6-7,9,33H,1-5H3,(H,26,32)(H,28,29). The van der Waals surface area contributed by atoms with Crippen LogP contribution in [0.4, 0.5) is 23.2 Å². The number of alkyl halides is 3. The number of hydrogen-bond acceptors (Lipinski definition) is 6. The quantitative estimate of drug-likeness (QED) is 0.435. The number of anilines is 1. The molecule has 1 unspecified atom stereocenters. The lowest BCUT2D eigenvalue weighted by Crippen LogP contribution is -2.32. The first-order chi connectivity index (χ1) is 15.6. The van der Waals surface area contributed by atoms with Crippen molar-refractivity contribution >= 4 is 23.2 Å². The first-order valence-corrected chi connectivity index (χ1v) is 10.2. The van der Waals surface area contributed by atoms with Gasteiger partial charge in [-0.15, -0.1) is 0 Å². The topological polar surface area (TPSA) is 118 Å². The van der Waals surface area contributed by atoms with Gasteiger partial charge in [-0.25, -0.2) is 14.1 Å². The van der Waals surface area contributed by atoms with Crippen molar-refractivity contribution in [1.29, 1.82) is 0 Å². The van der Waals surface area contributed by atoms with Gasteiger partial charge in [0.1, 0.15) is 22.9 Å². The highest BCUT2D eigenvalue weighted by Gasteiger charge is 2.39. The van der Waals surface area contributed by atoms with E-state index in [9.17, 15) is 23.1 Å². The Balaban J connectivity index is 2.11. The van der Waals surface area contributed by atoms with Gasteiger partial charge >= 0.3 is 6.18 Å². The van der Waals surface area contributed by atoms with Crippen molar-refractivity contribution in [2.24, 2.45) is 7.05 Å². The second-order valence-corrected chi connectivity index (χ2v) is 8.40. The molecule has 184 valence electrons. The minimum Gasteiger partial charge on any atom is -0.480 e. The molecule has 0 saturated heterocycles. The molecular weight excluding hydrogens is 484 g/mol. The third kappa shape index (κ3) is 5.14. The number of aliphatic hydroxyl groups is 1. The molecule has 14 heteroatoms. The highest BCUT2D eigenvalue weighted by atomic mass is 35.5. The van der Waals surface area contributed by atoms with Gasteiger partial charge in [-0.2, -0.15) is 23.4 Å². The van der Waals surface area contributed by atoms with Gasteiger partial charge in [0.25, 0.3) is 5.91 Å². The number of halogens is 5. The maximum absolute atomic E-state index is 15.1. The van der Waals surface area contributed by atoms with Crippen molar-refractivity contribution in [3.05, 3.63) is 40.2 Å². The summed E-state index contributed by atoms with van der Waals surface area (Å²) in [4.78, 5) is 16.9. The number of aromatic amines is 1. The molecule has 1 aromatic carbocycles. The van der Waals surface area contributed by atoms with Gasteiger partial charge in [0.15, 0.2) is 22.9 Å². The van der Waals surface area contributed by atoms with Gasteiger partial charge in [0.05, 0.1) is 16.8 Å². The van der Waals surface area contributed by atoms with Gasteiger partial charge < -0.3 is 15.2 Å². The number of benzene rings is 1. The number of nitrogens with one attached hydrogen (secondary N) is 2. The zero-order chi connectivity index (χ0) is 25.6. The van der Waals surface area contributed by atoms with Crippen LogP contribution in [0.25, 0.3) is 11.4 Å². The maximum Gasteiger partial charge on any atom is 0.425 e. The van der Waals surface area contributed by atoms with E-state index in [-0.39, 0.29) is 28.1 Å². The van der Waals surface area contributed by atoms with Crippen LogP contribution >= 0.6 is 11.6 Å². The van der Waals surface area contributed by atoms with Crippen molar-refractivity contribution < 1.29 is 32.2 Å². The van der Waals surface area contributed by atoms with Crippen molar-refractivity contribution in [2.75, 3.05) is 5.32 Å². The molecule has 0 aliphatic carbocycles. The van der Waals surface area contributed by atoms with E-state index in [0.717, 1.165) is 13.0 Å². The highest BCUT2D eigenvalue weighted by molar-refractivity contribution is 6.33. The molecular formula is C20H21ClF4N6O3. The molecule has 0 bridgehead atoms. The molecule has 1 amide bonds. The van der Waals surface area contributed by atoms with Crippen LogP contribution in [0.3, 0.4) is 0 Å². The Morgan fingerprint density at radius 3 is 2.47 bits per heavy atom. The summed E-state index contributed by atoms with van der Waals surface area (Å²) in [6.07, 6.45) is -7.08. The summed E-state index contributed by atoms with van der Waals surface area (Å²) in [7, 11) is 1.46. The highest BCUT2D eigenvalue weighted by Crippen LogP contribution is 2.34. The van der Waals surface area contributed by atoms with Crippen molar-refractivity contribution in [1.82, 2.24) is 25.0 Å². The van der Waals surface area contributed by atoms with Crippen molar-refractivity contribution in [3.8, 4) is 17.1 Å². The third-order valence-electron chi connectivity index (χ3n) is 4.77. The summed E-state index contributed by atoms with van der Waals surface area (Å²) < 4.78 is 60.8. The Morgan fingerprint density at radius 2 is 1.97 bits per heavy atom. The molecule has 3 aromatic rings. The fraction of sp³-hybridized carbons (Fsp3) is 0.400. The normalized spacial score (nSPS) is 13.1. The number of aromatic nitrogens is 5. The number of nitrogens with zero attached hydrogens (tertiary/aromatic N) is 4. The van der Waals surface area contributed by atoms with E-state index in [1.807, 2.05) is 0 Å². The minimum atomic E-state index is -4.76. The van der Waals surface area contributed by atoms with E-state index in [4.69, 9.17) is 16.3 Å². The van der Waals surface area contributed by atoms with E-state index in [1.165, 1.54) is 25.6 Å². The fourth-order valence-corrected chi connectivity index (χ4v) is 3.25. The molecule has 0 aliphatic heterocycles. The molecule has 9 nitrogen and oxygen atoms in total. The van der Waals surface area contributed by atoms with Crippen LogP contribution in [0.5, 0.6) is 5.75 Å². The fourth-order valence-electron chi connectivity index (χ4n) is 3.01. The zero-order valence-electron chi connectivity index (χ0n) is 18.7. The number of amides is 1. The van der Waals surface area contributed by atoms with Gasteiger partial charge in [0, 0.05) is 7.05 Å². The first-order valence-electron chi connectivity index (χ1n) is 9.82. The smallest absolute Gasteiger partial charge is 0.425 e. The summed E-state index contributed by atoms with van der Waals surface area (Å²) in [6, 6.07) is 1.62. The number of carbonyl (C=O) groups is 1. The molecule has 34 heavy (non-hydrogen) atoms. The number of H-pyrrole nitrogens is 1. The van der Waals surface area contributed by atoms with Gasteiger partial charge in [-0.1, -0.05) is 11.6 Å². The Hall–Kier alpha value is -3.19. The van der Waals surface area contributed by atoms with Crippen LogP contribution in [0.2, 0.25) is 5.15 Å². The van der Waals surface area contributed by atoms with Gasteiger partial charge in [0.2, 0.25) is 0 Å². The van der Waals surface area contributed by atoms with E-state index < -0.39 is 40.9 Å². The van der Waals surface area contributed by atoms with Crippen LogP contribution in [0, 0.1) is 12.7 Å². The van der Waals surface area contributed by atoms with Gasteiger partial charge in [-0.3, -0.25) is 9.89 Å². The summed E-state index contributed by atoms with van der Waals surface area (Å²) >= 11 is 5.90. The van der Waals surface area contributed by atoms with E-state index in [2.05, 4.69) is 25.6 Å². The minimum absolute atomic E-state index is 0.0761. The molecule has 3 N–H and O–H groups in total. The van der Waals surface area contributed by atoms with Crippen LogP contribution in [-0.2, 0) is 12.6 Å². The molecule has 3 rings (SSSR count). The van der Waals surface area contributed by atoms with E-state index in [0.29, 0.717) is 11.8 Å².